The van der Waals surface area contributed by atoms with Gasteiger partial charge in [-0.15, -0.1) is 10.2 Å². The Morgan fingerprint density at radius 2 is 2.08 bits per heavy atom. The van der Waals surface area contributed by atoms with Crippen LogP contribution < -0.4 is 10.6 Å². The highest BCUT2D eigenvalue weighted by Crippen LogP contribution is 2.27. The third-order valence-corrected chi connectivity index (χ3v) is 4.61. The molecule has 1 heterocycles. The molecular weight excluding hydrogens is 402 g/mol. The van der Waals surface area contributed by atoms with E-state index < -0.39 is 35.1 Å². The summed E-state index contributed by atoms with van der Waals surface area (Å²) in [6.45, 7) is -1.25. The highest BCUT2D eigenvalue weighted by atomic mass is 32.2. The number of halogens is 4. The summed E-state index contributed by atoms with van der Waals surface area (Å²) >= 11 is 1.76. The lowest BCUT2D eigenvalue weighted by Gasteiger charge is -2.05. The molecule has 0 atom stereocenters. The number of nitro groups is 1. The number of anilines is 2. The van der Waals surface area contributed by atoms with Crippen LogP contribution in [-0.2, 0) is 4.79 Å². The minimum Gasteiger partial charge on any atom is -0.351 e. The zero-order chi connectivity index (χ0) is 19.3. The topological polar surface area (TPSA) is 110 Å². The number of rotatable bonds is 7. The Kier molecular flexibility index (Phi) is 6.31. The molecule has 0 radical (unpaired) electrons. The molecule has 14 heteroatoms. The molecule has 0 spiro atoms. The van der Waals surface area contributed by atoms with Gasteiger partial charge in [-0.1, -0.05) is 23.1 Å². The number of nitro benzene ring substituents is 1. The van der Waals surface area contributed by atoms with Gasteiger partial charge in [-0.3, -0.25) is 14.9 Å². The lowest BCUT2D eigenvalue weighted by molar-refractivity contribution is -0.387. The van der Waals surface area contributed by atoms with Crippen molar-refractivity contribution >= 4 is 45.5 Å². The molecule has 0 unspecified atom stereocenters. The highest BCUT2D eigenvalue weighted by molar-refractivity contribution is 8.01. The van der Waals surface area contributed by atoms with E-state index in [1.54, 1.807) is 0 Å². The van der Waals surface area contributed by atoms with Crippen molar-refractivity contribution < 1.29 is 27.3 Å². The van der Waals surface area contributed by atoms with Crippen molar-refractivity contribution in [3.8, 4) is 0 Å². The number of carbonyl (C=O) groups excluding carboxylic acids is 1. The summed E-state index contributed by atoms with van der Waals surface area (Å²) in [4.78, 5) is 21.5. The molecule has 2 rings (SSSR count). The number of nitrogens with zero attached hydrogens (tertiary/aromatic N) is 3. The largest absolute Gasteiger partial charge is 0.405 e. The molecule has 0 aliphatic rings. The van der Waals surface area contributed by atoms with Crippen molar-refractivity contribution in [3.63, 3.8) is 0 Å². The summed E-state index contributed by atoms with van der Waals surface area (Å²) in [5.41, 5.74) is -0.742. The van der Waals surface area contributed by atoms with Crippen LogP contribution in [0.1, 0.15) is 0 Å². The number of hydrogen-bond donors (Lipinski definition) is 2. The SMILES string of the molecule is O=C(CSc1nnc(NCC(F)(F)F)s1)Nc1ccc(F)c([N+](=O)[O-])c1. The molecule has 8 nitrogen and oxygen atoms in total. The van der Waals surface area contributed by atoms with Crippen LogP contribution in [0.25, 0.3) is 0 Å². The van der Waals surface area contributed by atoms with Crippen molar-refractivity contribution in [1.82, 2.24) is 10.2 Å². The molecule has 0 aliphatic heterocycles. The number of hydrogen-bond acceptors (Lipinski definition) is 8. The predicted molar refractivity (Wildman–Crippen MR) is 86.9 cm³/mol. The molecule has 0 bridgehead atoms. The minimum atomic E-state index is -4.39. The zero-order valence-electron chi connectivity index (χ0n) is 12.5. The van der Waals surface area contributed by atoms with Gasteiger partial charge in [-0.2, -0.15) is 17.6 Å². The monoisotopic (exact) mass is 411 g/mol. The quantitative estimate of drug-likeness (QED) is 0.311. The molecule has 26 heavy (non-hydrogen) atoms. The molecule has 2 aromatic rings. The van der Waals surface area contributed by atoms with Crippen LogP contribution in [-0.4, -0.2) is 39.5 Å². The Balaban J connectivity index is 1.87. The van der Waals surface area contributed by atoms with Crippen LogP contribution >= 0.6 is 23.1 Å². The standard InChI is InChI=1S/C12H9F4N5O3S2/c13-7-2-1-6(3-8(7)21(23)24)18-9(22)4-25-11-20-19-10(26-11)17-5-12(14,15)16/h1-3H,4-5H2,(H,17,19)(H,18,22). The number of benzene rings is 1. The van der Waals surface area contributed by atoms with E-state index in [0.717, 1.165) is 41.3 Å². The van der Waals surface area contributed by atoms with Gasteiger partial charge in [0.1, 0.15) is 6.54 Å². The van der Waals surface area contributed by atoms with Crippen LogP contribution in [0.3, 0.4) is 0 Å². The van der Waals surface area contributed by atoms with Gasteiger partial charge in [0.25, 0.3) is 0 Å². The number of amides is 1. The third kappa shape index (κ3) is 6.11. The van der Waals surface area contributed by atoms with Crippen molar-refractivity contribution in [3.05, 3.63) is 34.1 Å². The van der Waals surface area contributed by atoms with Crippen molar-refractivity contribution in [1.29, 1.82) is 0 Å². The second-order valence-electron chi connectivity index (χ2n) is 4.60. The van der Waals surface area contributed by atoms with Crippen LogP contribution in [0.4, 0.5) is 34.1 Å². The fourth-order valence-corrected chi connectivity index (χ4v) is 3.12. The fourth-order valence-electron chi connectivity index (χ4n) is 1.57. The molecule has 1 aromatic carbocycles. The average molecular weight is 411 g/mol. The van der Waals surface area contributed by atoms with Crippen LogP contribution in [0.2, 0.25) is 0 Å². The van der Waals surface area contributed by atoms with E-state index >= 15 is 0 Å². The van der Waals surface area contributed by atoms with E-state index in [9.17, 15) is 32.5 Å². The summed E-state index contributed by atoms with van der Waals surface area (Å²) in [6.07, 6.45) is -4.39. The van der Waals surface area contributed by atoms with E-state index in [4.69, 9.17) is 0 Å². The summed E-state index contributed by atoms with van der Waals surface area (Å²) in [7, 11) is 0. The van der Waals surface area contributed by atoms with Crippen molar-refractivity contribution in [2.75, 3.05) is 22.9 Å². The second-order valence-corrected chi connectivity index (χ2v) is 6.80. The maximum absolute atomic E-state index is 13.2. The molecule has 0 saturated heterocycles. The van der Waals surface area contributed by atoms with Crippen molar-refractivity contribution in [2.24, 2.45) is 0 Å². The Morgan fingerprint density at radius 1 is 1.35 bits per heavy atom. The van der Waals surface area contributed by atoms with Crippen molar-refractivity contribution in [2.45, 2.75) is 10.5 Å². The van der Waals surface area contributed by atoms with Gasteiger partial charge >= 0.3 is 11.9 Å². The average Bonchev–Trinajstić information content (AvgIpc) is 3.00. The minimum absolute atomic E-state index is 0.0356. The molecule has 1 aromatic heterocycles. The number of nitrogens with one attached hydrogen (secondary N) is 2. The van der Waals surface area contributed by atoms with E-state index in [1.165, 1.54) is 0 Å². The summed E-state index contributed by atoms with van der Waals surface area (Å²) in [5, 5.41) is 22.2. The Labute approximate surface area is 151 Å². The Hall–Kier alpha value is -2.48. The first-order valence-electron chi connectivity index (χ1n) is 6.65. The number of carbonyl (C=O) groups is 1. The molecular formula is C12H9F4N5O3S2. The number of alkyl halides is 3. The molecule has 1 amide bonds. The highest BCUT2D eigenvalue weighted by Gasteiger charge is 2.27. The molecule has 2 N–H and O–H groups in total. The van der Waals surface area contributed by atoms with E-state index in [-0.39, 0.29) is 20.9 Å². The summed E-state index contributed by atoms with van der Waals surface area (Å²) < 4.78 is 49.7. The van der Waals surface area contributed by atoms with E-state index in [0.29, 0.717) is 0 Å². The molecule has 140 valence electrons. The molecule has 0 saturated carbocycles. The summed E-state index contributed by atoms with van der Waals surface area (Å²) in [5.74, 6) is -1.76. The van der Waals surface area contributed by atoms with Crippen LogP contribution in [0, 0.1) is 15.9 Å². The van der Waals surface area contributed by atoms with E-state index in [1.807, 2.05) is 0 Å². The maximum Gasteiger partial charge on any atom is 0.405 e. The van der Waals surface area contributed by atoms with Gasteiger partial charge in [-0.25, -0.2) is 0 Å². The predicted octanol–water partition coefficient (Wildman–Crippen LogP) is 3.29. The number of thioether (sulfide) groups is 1. The zero-order valence-corrected chi connectivity index (χ0v) is 14.2. The first-order valence-corrected chi connectivity index (χ1v) is 8.45. The Bertz CT molecular complexity index is 814. The normalized spacial score (nSPS) is 11.2. The first kappa shape index (κ1) is 19.8. The lowest BCUT2D eigenvalue weighted by Crippen LogP contribution is -2.21. The van der Waals surface area contributed by atoms with Crippen LogP contribution in [0.5, 0.6) is 0 Å². The second kappa shape index (κ2) is 8.27. The Morgan fingerprint density at radius 3 is 2.73 bits per heavy atom. The number of aromatic nitrogens is 2. The third-order valence-electron chi connectivity index (χ3n) is 2.60. The van der Waals surface area contributed by atoms with Gasteiger partial charge in [0.15, 0.2) is 4.34 Å². The van der Waals surface area contributed by atoms with Gasteiger partial charge in [-0.05, 0) is 12.1 Å². The van der Waals surface area contributed by atoms with Gasteiger partial charge in [0.2, 0.25) is 16.9 Å². The smallest absolute Gasteiger partial charge is 0.351 e. The fraction of sp³-hybridized carbons (Fsp3) is 0.250. The van der Waals surface area contributed by atoms with Gasteiger partial charge in [0.05, 0.1) is 10.7 Å². The van der Waals surface area contributed by atoms with Gasteiger partial charge < -0.3 is 10.6 Å². The summed E-state index contributed by atoms with van der Waals surface area (Å²) in [6, 6.07) is 2.89. The molecule has 0 aliphatic carbocycles. The van der Waals surface area contributed by atoms with E-state index in [2.05, 4.69) is 20.8 Å². The van der Waals surface area contributed by atoms with Crippen LogP contribution in [0.15, 0.2) is 22.5 Å². The first-order chi connectivity index (χ1) is 12.1. The molecule has 0 fully saturated rings. The van der Waals surface area contributed by atoms with Gasteiger partial charge in [0, 0.05) is 11.8 Å². The maximum atomic E-state index is 13.2. The lowest BCUT2D eigenvalue weighted by atomic mass is 10.2.